The van der Waals surface area contributed by atoms with Crippen molar-refractivity contribution in [3.63, 3.8) is 0 Å². The van der Waals surface area contributed by atoms with Crippen molar-refractivity contribution >= 4 is 46.3 Å². The van der Waals surface area contributed by atoms with Gasteiger partial charge in [-0.15, -0.1) is 0 Å². The molecule has 7 heteroatoms. The predicted molar refractivity (Wildman–Crippen MR) is 120 cm³/mol. The lowest BCUT2D eigenvalue weighted by Gasteiger charge is -2.16. The van der Waals surface area contributed by atoms with Gasteiger partial charge in [-0.3, -0.25) is 14.5 Å². The topological polar surface area (TPSA) is 49.4 Å². The number of amides is 2. The first-order valence-corrected chi connectivity index (χ1v) is 10.2. The molecule has 0 radical (unpaired) electrons. The molecule has 1 N–H and O–H groups in total. The maximum absolute atomic E-state index is 13.5. The van der Waals surface area contributed by atoms with E-state index in [1.807, 2.05) is 6.92 Å². The number of benzene rings is 3. The number of nitrogens with zero attached hydrogens (tertiary/aromatic N) is 1. The molecule has 1 heterocycles. The minimum Gasteiger partial charge on any atom is -0.350 e. The number of aryl methyl sites for hydroxylation is 1. The Morgan fingerprint density at radius 2 is 1.52 bits per heavy atom. The second-order valence-electron chi connectivity index (χ2n) is 7.16. The van der Waals surface area contributed by atoms with Crippen LogP contribution in [0.2, 0.25) is 10.0 Å². The summed E-state index contributed by atoms with van der Waals surface area (Å²) in [7, 11) is 0. The molecule has 1 aliphatic rings. The highest BCUT2D eigenvalue weighted by Crippen LogP contribution is 2.33. The molecule has 0 saturated heterocycles. The van der Waals surface area contributed by atoms with Crippen LogP contribution in [0.1, 0.15) is 16.7 Å². The summed E-state index contributed by atoms with van der Waals surface area (Å²) in [5.74, 6) is -1.35. The van der Waals surface area contributed by atoms with Gasteiger partial charge < -0.3 is 5.32 Å². The molecule has 0 saturated carbocycles. The van der Waals surface area contributed by atoms with Crippen molar-refractivity contribution in [3.8, 4) is 0 Å². The van der Waals surface area contributed by atoms with E-state index >= 15 is 0 Å². The summed E-state index contributed by atoms with van der Waals surface area (Å²) in [6.07, 6.45) is 0. The van der Waals surface area contributed by atoms with Gasteiger partial charge in [0.2, 0.25) is 0 Å². The highest BCUT2D eigenvalue weighted by atomic mass is 35.5. The van der Waals surface area contributed by atoms with Crippen molar-refractivity contribution in [1.29, 1.82) is 0 Å². The van der Waals surface area contributed by atoms with Crippen molar-refractivity contribution in [1.82, 2.24) is 4.90 Å². The maximum Gasteiger partial charge on any atom is 0.278 e. The number of carbonyl (C=O) groups excluding carboxylic acids is 2. The monoisotopic (exact) mass is 454 g/mol. The molecule has 4 nitrogen and oxygen atoms in total. The van der Waals surface area contributed by atoms with Crippen LogP contribution in [0.5, 0.6) is 0 Å². The summed E-state index contributed by atoms with van der Waals surface area (Å²) >= 11 is 12.0. The second-order valence-corrected chi connectivity index (χ2v) is 8.04. The average molecular weight is 455 g/mol. The van der Waals surface area contributed by atoms with E-state index in [9.17, 15) is 14.0 Å². The van der Waals surface area contributed by atoms with E-state index in [-0.39, 0.29) is 17.8 Å². The highest BCUT2D eigenvalue weighted by Gasteiger charge is 2.39. The van der Waals surface area contributed by atoms with Crippen molar-refractivity contribution in [2.75, 3.05) is 5.32 Å². The third kappa shape index (κ3) is 4.33. The van der Waals surface area contributed by atoms with Crippen LogP contribution in [0.15, 0.2) is 72.4 Å². The van der Waals surface area contributed by atoms with Crippen molar-refractivity contribution in [2.45, 2.75) is 13.5 Å². The zero-order chi connectivity index (χ0) is 22.1. The van der Waals surface area contributed by atoms with Gasteiger partial charge in [-0.2, -0.15) is 0 Å². The first-order chi connectivity index (χ1) is 14.8. The minimum atomic E-state index is -0.464. The van der Waals surface area contributed by atoms with Gasteiger partial charge in [-0.05, 0) is 66.1 Å². The third-order valence-electron chi connectivity index (χ3n) is 5.00. The van der Waals surface area contributed by atoms with Crippen molar-refractivity contribution in [2.24, 2.45) is 0 Å². The van der Waals surface area contributed by atoms with E-state index in [0.717, 1.165) is 16.0 Å². The number of halogens is 3. The zero-order valence-corrected chi connectivity index (χ0v) is 18.0. The van der Waals surface area contributed by atoms with Crippen LogP contribution in [0.4, 0.5) is 10.1 Å². The largest absolute Gasteiger partial charge is 0.350 e. The normalized spacial score (nSPS) is 13.9. The molecule has 0 bridgehead atoms. The molecule has 0 atom stereocenters. The van der Waals surface area contributed by atoms with Crippen LogP contribution < -0.4 is 5.32 Å². The van der Waals surface area contributed by atoms with E-state index in [0.29, 0.717) is 21.3 Å². The van der Waals surface area contributed by atoms with Crippen molar-refractivity contribution < 1.29 is 14.0 Å². The van der Waals surface area contributed by atoms with Gasteiger partial charge >= 0.3 is 0 Å². The quantitative estimate of drug-likeness (QED) is 0.493. The molecular weight excluding hydrogens is 438 g/mol. The molecule has 0 spiro atoms. The molecule has 4 rings (SSSR count). The van der Waals surface area contributed by atoms with Gasteiger partial charge in [0, 0.05) is 15.7 Å². The summed E-state index contributed by atoms with van der Waals surface area (Å²) in [6.45, 7) is 1.93. The summed E-state index contributed by atoms with van der Waals surface area (Å²) in [5.41, 5.74) is 2.99. The summed E-state index contributed by atoms with van der Waals surface area (Å²) in [4.78, 5) is 27.7. The van der Waals surface area contributed by atoms with E-state index in [4.69, 9.17) is 23.2 Å². The fraction of sp³-hybridized carbons (Fsp3) is 0.0833. The first-order valence-electron chi connectivity index (χ1n) is 9.47. The van der Waals surface area contributed by atoms with E-state index in [1.54, 1.807) is 42.5 Å². The SMILES string of the molecule is Cc1cc(Cl)ccc1NC1=C(c2ccc(F)cc2)C(=O)N(Cc2ccc(Cl)cc2)C1=O. The summed E-state index contributed by atoms with van der Waals surface area (Å²) in [6, 6.07) is 17.6. The molecule has 0 aromatic heterocycles. The fourth-order valence-electron chi connectivity index (χ4n) is 3.39. The molecule has 3 aromatic rings. The van der Waals surface area contributed by atoms with Crippen LogP contribution in [0, 0.1) is 12.7 Å². The van der Waals surface area contributed by atoms with Gasteiger partial charge in [-0.1, -0.05) is 47.5 Å². The van der Waals surface area contributed by atoms with Crippen LogP contribution in [0.3, 0.4) is 0 Å². The molecule has 0 fully saturated rings. The predicted octanol–water partition coefficient (Wildman–Crippen LogP) is 5.83. The zero-order valence-electron chi connectivity index (χ0n) is 16.5. The van der Waals surface area contributed by atoms with Gasteiger partial charge in [0.15, 0.2) is 0 Å². The Balaban J connectivity index is 1.75. The molecule has 2 amide bonds. The lowest BCUT2D eigenvalue weighted by Crippen LogP contribution is -2.32. The Hall–Kier alpha value is -3.15. The lowest BCUT2D eigenvalue weighted by molar-refractivity contribution is -0.137. The van der Waals surface area contributed by atoms with Crippen LogP contribution in [-0.4, -0.2) is 16.7 Å². The Bertz CT molecular complexity index is 1210. The Labute approximate surface area is 188 Å². The van der Waals surface area contributed by atoms with Gasteiger partial charge in [0.25, 0.3) is 11.8 Å². The molecule has 0 aliphatic carbocycles. The second kappa shape index (κ2) is 8.53. The highest BCUT2D eigenvalue weighted by molar-refractivity contribution is 6.36. The van der Waals surface area contributed by atoms with E-state index in [1.165, 1.54) is 24.3 Å². The van der Waals surface area contributed by atoms with Gasteiger partial charge in [-0.25, -0.2) is 4.39 Å². The van der Waals surface area contributed by atoms with E-state index < -0.39 is 17.6 Å². The third-order valence-corrected chi connectivity index (χ3v) is 5.49. The van der Waals surface area contributed by atoms with Crippen molar-refractivity contribution in [3.05, 3.63) is 105 Å². The molecule has 1 aliphatic heterocycles. The number of imide groups is 1. The average Bonchev–Trinajstić information content (AvgIpc) is 2.96. The molecule has 0 unspecified atom stereocenters. The summed E-state index contributed by atoms with van der Waals surface area (Å²) < 4.78 is 13.5. The van der Waals surface area contributed by atoms with E-state index in [2.05, 4.69) is 5.32 Å². The van der Waals surface area contributed by atoms with Crippen LogP contribution >= 0.6 is 23.2 Å². The number of hydrogen-bond acceptors (Lipinski definition) is 3. The van der Waals surface area contributed by atoms with Gasteiger partial charge in [0.1, 0.15) is 11.5 Å². The Morgan fingerprint density at radius 1 is 0.871 bits per heavy atom. The smallest absolute Gasteiger partial charge is 0.278 e. The van der Waals surface area contributed by atoms with Crippen LogP contribution in [0.25, 0.3) is 5.57 Å². The molecular formula is C24H17Cl2FN2O2. The Kier molecular flexibility index (Phi) is 5.81. The number of hydrogen-bond donors (Lipinski definition) is 1. The number of rotatable bonds is 5. The Morgan fingerprint density at radius 3 is 2.16 bits per heavy atom. The number of carbonyl (C=O) groups is 2. The molecule has 31 heavy (non-hydrogen) atoms. The summed E-state index contributed by atoms with van der Waals surface area (Å²) in [5, 5.41) is 4.23. The minimum absolute atomic E-state index is 0.0876. The molecule has 3 aromatic carbocycles. The lowest BCUT2D eigenvalue weighted by atomic mass is 10.0. The first kappa shape index (κ1) is 21.1. The number of anilines is 1. The van der Waals surface area contributed by atoms with Gasteiger partial charge in [0.05, 0.1) is 12.1 Å². The molecule has 156 valence electrons. The standard InChI is InChI=1S/C24H17Cl2FN2O2/c1-14-12-18(26)8-11-20(14)28-22-21(16-4-9-19(27)10-5-16)23(30)29(24(22)31)13-15-2-6-17(25)7-3-15/h2-12,28H,13H2,1H3. The number of nitrogens with one attached hydrogen (secondary N) is 1. The fourth-order valence-corrected chi connectivity index (χ4v) is 3.75. The maximum atomic E-state index is 13.5. The van der Waals surface area contributed by atoms with Crippen LogP contribution in [-0.2, 0) is 16.1 Å².